The van der Waals surface area contributed by atoms with Crippen molar-refractivity contribution < 1.29 is 0 Å². The molecule has 3 N–H and O–H groups in total. The number of nitrogens with one attached hydrogen (secondary N) is 1. The molecule has 1 saturated carbocycles. The Labute approximate surface area is 69.4 Å². The van der Waals surface area contributed by atoms with Crippen molar-refractivity contribution in [3.05, 3.63) is 4.77 Å². The zero-order chi connectivity index (χ0) is 8.01. The molecule has 1 aromatic rings. The Morgan fingerprint density at radius 2 is 2.45 bits per heavy atom. The van der Waals surface area contributed by atoms with Gasteiger partial charge in [-0.2, -0.15) is 0 Å². The Balaban J connectivity index is 2.43. The van der Waals surface area contributed by atoms with Crippen molar-refractivity contribution in [3.63, 3.8) is 0 Å². The zero-order valence-electron chi connectivity index (χ0n) is 6.24. The molecule has 1 heterocycles. The third-order valence-electron chi connectivity index (χ3n) is 2.13. The maximum Gasteiger partial charge on any atom is 0.220 e. The molecule has 0 aliphatic heterocycles. The summed E-state index contributed by atoms with van der Waals surface area (Å²) >= 11 is 5.01. The number of nitrogens with two attached hydrogens (primary N) is 1. The molecular formula is C6H10N4S. The lowest BCUT2D eigenvalue weighted by molar-refractivity contribution is 0.683. The Hall–Kier alpha value is -0.840. The van der Waals surface area contributed by atoms with Gasteiger partial charge in [0.1, 0.15) is 0 Å². The maximum atomic E-state index is 5.60. The van der Waals surface area contributed by atoms with Gasteiger partial charge in [-0.1, -0.05) is 6.92 Å². The highest BCUT2D eigenvalue weighted by atomic mass is 32.1. The summed E-state index contributed by atoms with van der Waals surface area (Å²) in [6.07, 6.45) is 1.16. The first-order chi connectivity index (χ1) is 5.20. The number of nitrogens with zero attached hydrogens (tertiary/aromatic N) is 2. The Morgan fingerprint density at radius 1 is 1.82 bits per heavy atom. The topological polar surface area (TPSA) is 59.6 Å². The van der Waals surface area contributed by atoms with E-state index in [2.05, 4.69) is 17.1 Å². The van der Waals surface area contributed by atoms with E-state index >= 15 is 0 Å². The highest BCUT2D eigenvalue weighted by molar-refractivity contribution is 7.71. The van der Waals surface area contributed by atoms with Crippen LogP contribution in [0.3, 0.4) is 0 Å². The van der Waals surface area contributed by atoms with Gasteiger partial charge in [0.2, 0.25) is 5.95 Å². The average Bonchev–Trinajstić information content (AvgIpc) is 2.54. The van der Waals surface area contributed by atoms with Gasteiger partial charge in [0.05, 0.1) is 0 Å². The number of hydrogen-bond donors (Lipinski definition) is 2. The number of anilines is 1. The van der Waals surface area contributed by atoms with E-state index in [9.17, 15) is 0 Å². The van der Waals surface area contributed by atoms with Crippen LogP contribution in [0, 0.1) is 10.7 Å². The highest BCUT2D eigenvalue weighted by Crippen LogP contribution is 2.43. The lowest BCUT2D eigenvalue weighted by Gasteiger charge is -1.98. The van der Waals surface area contributed by atoms with Crippen molar-refractivity contribution in [2.24, 2.45) is 5.92 Å². The van der Waals surface area contributed by atoms with Crippen molar-refractivity contribution in [2.75, 3.05) is 5.73 Å². The molecule has 0 bridgehead atoms. The molecule has 2 atom stereocenters. The van der Waals surface area contributed by atoms with Gasteiger partial charge in [-0.3, -0.25) is 4.57 Å². The summed E-state index contributed by atoms with van der Waals surface area (Å²) in [6, 6.07) is 0.487. The van der Waals surface area contributed by atoms with Gasteiger partial charge in [-0.25, -0.2) is 5.10 Å². The quantitative estimate of drug-likeness (QED) is 0.620. The Bertz CT molecular complexity index is 326. The van der Waals surface area contributed by atoms with Gasteiger partial charge in [-0.15, -0.1) is 5.10 Å². The summed E-state index contributed by atoms with van der Waals surface area (Å²) < 4.78 is 2.52. The molecule has 2 unspecified atom stereocenters. The lowest BCUT2D eigenvalue weighted by atomic mass is 10.5. The van der Waals surface area contributed by atoms with E-state index in [0.717, 1.165) is 6.42 Å². The zero-order valence-corrected chi connectivity index (χ0v) is 7.06. The second-order valence-electron chi connectivity index (χ2n) is 3.04. The van der Waals surface area contributed by atoms with E-state index in [1.165, 1.54) is 0 Å². The molecule has 1 fully saturated rings. The van der Waals surface area contributed by atoms with Gasteiger partial charge in [0.15, 0.2) is 4.77 Å². The normalized spacial score (nSPS) is 28.8. The third kappa shape index (κ3) is 0.956. The fourth-order valence-electron chi connectivity index (χ4n) is 1.30. The summed E-state index contributed by atoms with van der Waals surface area (Å²) in [7, 11) is 0. The van der Waals surface area contributed by atoms with E-state index in [0.29, 0.717) is 22.7 Å². The van der Waals surface area contributed by atoms with E-state index in [4.69, 9.17) is 18.0 Å². The van der Waals surface area contributed by atoms with Gasteiger partial charge in [0, 0.05) is 6.04 Å². The van der Waals surface area contributed by atoms with E-state index in [1.807, 2.05) is 4.57 Å². The first-order valence-electron chi connectivity index (χ1n) is 3.62. The average molecular weight is 170 g/mol. The molecule has 0 aromatic carbocycles. The van der Waals surface area contributed by atoms with Crippen molar-refractivity contribution >= 4 is 18.2 Å². The number of aromatic amines is 1. The molecule has 0 saturated heterocycles. The maximum absolute atomic E-state index is 5.60. The standard InChI is InChI=1S/C6H10N4S/c1-3-2-4(3)10-5(7)8-9-6(10)11/h3-4H,2H2,1H3,(H2,7,8)(H,9,11). The van der Waals surface area contributed by atoms with Crippen molar-refractivity contribution in [1.82, 2.24) is 14.8 Å². The Morgan fingerprint density at radius 3 is 2.82 bits per heavy atom. The minimum Gasteiger partial charge on any atom is -0.368 e. The lowest BCUT2D eigenvalue weighted by Crippen LogP contribution is -2.01. The molecule has 0 spiro atoms. The molecule has 0 amide bonds. The number of hydrogen-bond acceptors (Lipinski definition) is 3. The fraction of sp³-hybridized carbons (Fsp3) is 0.667. The molecule has 2 rings (SSSR count). The SMILES string of the molecule is CC1CC1n1c(N)n[nH]c1=S. The van der Waals surface area contributed by atoms with Crippen molar-refractivity contribution in [3.8, 4) is 0 Å². The molecule has 11 heavy (non-hydrogen) atoms. The van der Waals surface area contributed by atoms with Crippen LogP contribution in [0.4, 0.5) is 5.95 Å². The van der Waals surface area contributed by atoms with E-state index in [1.54, 1.807) is 0 Å². The van der Waals surface area contributed by atoms with Crippen LogP contribution < -0.4 is 5.73 Å². The minimum atomic E-state index is 0.487. The van der Waals surface area contributed by atoms with Crippen molar-refractivity contribution in [1.29, 1.82) is 0 Å². The van der Waals surface area contributed by atoms with Gasteiger partial charge in [-0.05, 0) is 24.6 Å². The second kappa shape index (κ2) is 2.07. The first-order valence-corrected chi connectivity index (χ1v) is 4.03. The number of nitrogen functional groups attached to an aromatic ring is 1. The monoisotopic (exact) mass is 170 g/mol. The summed E-state index contributed by atoms with van der Waals surface area (Å²) in [4.78, 5) is 0. The van der Waals surface area contributed by atoms with E-state index < -0.39 is 0 Å². The van der Waals surface area contributed by atoms with Crippen LogP contribution in [0.5, 0.6) is 0 Å². The molecule has 60 valence electrons. The summed E-state index contributed by atoms with van der Waals surface area (Å²) in [5.41, 5.74) is 5.60. The molecule has 1 aliphatic carbocycles. The molecule has 1 aliphatic rings. The van der Waals surface area contributed by atoms with Crippen LogP contribution in [-0.2, 0) is 0 Å². The predicted molar refractivity (Wildman–Crippen MR) is 44.6 cm³/mol. The predicted octanol–water partition coefficient (Wildman–Crippen LogP) is 1.10. The van der Waals surface area contributed by atoms with Crippen LogP contribution in [-0.4, -0.2) is 14.8 Å². The van der Waals surface area contributed by atoms with Gasteiger partial charge >= 0.3 is 0 Å². The van der Waals surface area contributed by atoms with Gasteiger partial charge < -0.3 is 5.73 Å². The highest BCUT2D eigenvalue weighted by Gasteiger charge is 2.36. The molecule has 5 heteroatoms. The fourth-order valence-corrected chi connectivity index (χ4v) is 1.57. The van der Waals surface area contributed by atoms with Gasteiger partial charge in [0.25, 0.3) is 0 Å². The largest absolute Gasteiger partial charge is 0.368 e. The van der Waals surface area contributed by atoms with E-state index in [-0.39, 0.29) is 0 Å². The Kier molecular flexibility index (Phi) is 1.29. The van der Waals surface area contributed by atoms with Crippen LogP contribution >= 0.6 is 12.2 Å². The van der Waals surface area contributed by atoms with Crippen molar-refractivity contribution in [2.45, 2.75) is 19.4 Å². The smallest absolute Gasteiger partial charge is 0.220 e. The van der Waals surface area contributed by atoms with Crippen LogP contribution in [0.25, 0.3) is 0 Å². The minimum absolute atomic E-state index is 0.487. The third-order valence-corrected chi connectivity index (χ3v) is 2.42. The van der Waals surface area contributed by atoms with Crippen LogP contribution in [0.2, 0.25) is 0 Å². The summed E-state index contributed by atoms with van der Waals surface area (Å²) in [5, 5.41) is 6.50. The summed E-state index contributed by atoms with van der Waals surface area (Å²) in [5.74, 6) is 1.20. The summed E-state index contributed by atoms with van der Waals surface area (Å²) in [6.45, 7) is 2.18. The number of rotatable bonds is 1. The number of H-pyrrole nitrogens is 1. The molecule has 4 nitrogen and oxygen atoms in total. The molecule has 0 radical (unpaired) electrons. The molecular weight excluding hydrogens is 160 g/mol. The van der Waals surface area contributed by atoms with Crippen LogP contribution in [0.15, 0.2) is 0 Å². The first kappa shape index (κ1) is 6.84. The number of aromatic nitrogens is 3. The van der Waals surface area contributed by atoms with Crippen LogP contribution in [0.1, 0.15) is 19.4 Å². The second-order valence-corrected chi connectivity index (χ2v) is 3.42. The molecule has 1 aromatic heterocycles.